The van der Waals surface area contributed by atoms with Crippen LogP contribution in [0.15, 0.2) is 61.1 Å². The molecule has 2 aromatic carbocycles. The van der Waals surface area contributed by atoms with Crippen LogP contribution in [0, 0.1) is 0 Å². The number of allylic oxidation sites excluding steroid dienone is 1. The molecule has 1 fully saturated rings. The third-order valence-corrected chi connectivity index (χ3v) is 8.83. The summed E-state index contributed by atoms with van der Waals surface area (Å²) in [5.41, 5.74) is 8.25. The number of imidazole rings is 1. The highest BCUT2D eigenvalue weighted by atomic mass is 32.2. The van der Waals surface area contributed by atoms with Crippen molar-refractivity contribution < 1.29 is 8.42 Å². The van der Waals surface area contributed by atoms with Crippen LogP contribution < -0.4 is 4.31 Å². The largest absolute Gasteiger partial charge is 0.325 e. The van der Waals surface area contributed by atoms with E-state index in [-0.39, 0.29) is 11.3 Å². The van der Waals surface area contributed by atoms with Crippen molar-refractivity contribution in [2.75, 3.05) is 16.6 Å². The van der Waals surface area contributed by atoms with E-state index in [1.54, 1.807) is 6.20 Å². The Bertz CT molecular complexity index is 1630. The lowest BCUT2D eigenvalue weighted by atomic mass is 10.0. The van der Waals surface area contributed by atoms with E-state index in [9.17, 15) is 8.42 Å². The molecule has 0 atom stereocenters. The summed E-state index contributed by atoms with van der Waals surface area (Å²) >= 11 is 0. The van der Waals surface area contributed by atoms with Gasteiger partial charge >= 0.3 is 0 Å². The molecule has 1 aliphatic heterocycles. The van der Waals surface area contributed by atoms with Gasteiger partial charge in [0.05, 0.1) is 52.1 Å². The van der Waals surface area contributed by atoms with E-state index < -0.39 is 10.0 Å². The Labute approximate surface area is 211 Å². The van der Waals surface area contributed by atoms with Crippen molar-refractivity contribution in [3.63, 3.8) is 0 Å². The Morgan fingerprint density at radius 1 is 0.972 bits per heavy atom. The van der Waals surface area contributed by atoms with Gasteiger partial charge in [0.2, 0.25) is 10.0 Å². The van der Waals surface area contributed by atoms with Crippen molar-refractivity contribution in [3.8, 4) is 11.3 Å². The molecule has 0 spiro atoms. The highest BCUT2D eigenvalue weighted by Crippen LogP contribution is 2.35. The molecule has 7 nitrogen and oxygen atoms in total. The van der Waals surface area contributed by atoms with Crippen LogP contribution in [0.2, 0.25) is 0 Å². The van der Waals surface area contributed by atoms with Gasteiger partial charge in [-0.1, -0.05) is 24.3 Å². The summed E-state index contributed by atoms with van der Waals surface area (Å²) in [6.45, 7) is 7.03. The summed E-state index contributed by atoms with van der Waals surface area (Å²) in [4.78, 5) is 14.3. The van der Waals surface area contributed by atoms with E-state index >= 15 is 0 Å². The lowest BCUT2D eigenvalue weighted by Gasteiger charge is -2.28. The standard InChI is InChI=1S/C28H29N5O2S/c1-28(2,3)32-18-30-23-11-9-19(16-26(23)32)22-10-12-24-27(22)31-25(17-29-24)20-7-6-8-21(15-20)33-13-4-5-14-36(33,34)35/h6-11,15-18H,4-5,12-14H2,1-3H3. The van der Waals surface area contributed by atoms with Gasteiger partial charge < -0.3 is 4.57 Å². The van der Waals surface area contributed by atoms with Crippen LogP contribution in [-0.4, -0.2) is 40.2 Å². The SMILES string of the molecule is CC(C)(C)n1cnc2ccc(C3=CCc4ncc(-c5cccc(N6CCCCS6(=O)=O)c5)nc43)cc21. The molecule has 3 heterocycles. The topological polar surface area (TPSA) is 81.0 Å². The second-order valence-corrected chi connectivity index (χ2v) is 12.5. The summed E-state index contributed by atoms with van der Waals surface area (Å²) in [5.74, 6) is 0.197. The zero-order valence-corrected chi connectivity index (χ0v) is 21.6. The predicted octanol–water partition coefficient (Wildman–Crippen LogP) is 5.17. The Kier molecular flexibility index (Phi) is 5.26. The molecular weight excluding hydrogens is 470 g/mol. The van der Waals surface area contributed by atoms with Gasteiger partial charge in [-0.2, -0.15) is 0 Å². The average molecular weight is 500 g/mol. The molecular formula is C28H29N5O2S. The predicted molar refractivity (Wildman–Crippen MR) is 143 cm³/mol. The highest BCUT2D eigenvalue weighted by molar-refractivity contribution is 7.92. The van der Waals surface area contributed by atoms with Crippen LogP contribution in [0.3, 0.4) is 0 Å². The van der Waals surface area contributed by atoms with Gasteiger partial charge in [0.15, 0.2) is 0 Å². The molecule has 0 saturated carbocycles. The lowest BCUT2D eigenvalue weighted by molar-refractivity contribution is 0.408. The van der Waals surface area contributed by atoms with E-state index in [1.165, 1.54) is 4.31 Å². The van der Waals surface area contributed by atoms with Gasteiger partial charge in [-0.3, -0.25) is 9.29 Å². The van der Waals surface area contributed by atoms with Crippen LogP contribution in [0.4, 0.5) is 5.69 Å². The molecule has 1 aliphatic carbocycles. The molecule has 0 radical (unpaired) electrons. The Morgan fingerprint density at radius 2 is 1.83 bits per heavy atom. The van der Waals surface area contributed by atoms with Crippen LogP contribution in [-0.2, 0) is 22.0 Å². The van der Waals surface area contributed by atoms with Crippen LogP contribution in [0.25, 0.3) is 27.9 Å². The van der Waals surface area contributed by atoms with Gasteiger partial charge in [-0.05, 0) is 63.4 Å². The summed E-state index contributed by atoms with van der Waals surface area (Å²) < 4.78 is 29.0. The minimum atomic E-state index is -3.28. The van der Waals surface area contributed by atoms with Crippen molar-refractivity contribution in [2.24, 2.45) is 0 Å². The second-order valence-electron chi connectivity index (χ2n) is 10.5. The first-order valence-corrected chi connectivity index (χ1v) is 14.0. The molecule has 1 saturated heterocycles. The van der Waals surface area contributed by atoms with Crippen molar-refractivity contribution in [1.82, 2.24) is 19.5 Å². The molecule has 4 aromatic rings. The van der Waals surface area contributed by atoms with E-state index in [1.807, 2.05) is 30.6 Å². The Hall–Kier alpha value is -3.52. The Morgan fingerprint density at radius 3 is 2.64 bits per heavy atom. The lowest BCUT2D eigenvalue weighted by Crippen LogP contribution is -2.37. The van der Waals surface area contributed by atoms with Crippen LogP contribution in [0.1, 0.15) is 50.6 Å². The van der Waals surface area contributed by atoms with Crippen molar-refractivity contribution in [2.45, 2.75) is 45.6 Å². The maximum absolute atomic E-state index is 12.6. The number of benzene rings is 2. The van der Waals surface area contributed by atoms with Crippen LogP contribution in [0.5, 0.6) is 0 Å². The van der Waals surface area contributed by atoms with Gasteiger partial charge in [-0.25, -0.2) is 18.4 Å². The van der Waals surface area contributed by atoms with Gasteiger partial charge in [-0.15, -0.1) is 0 Å². The summed E-state index contributed by atoms with van der Waals surface area (Å²) in [5, 5.41) is 0. The zero-order chi connectivity index (χ0) is 25.1. The average Bonchev–Trinajstić information content (AvgIpc) is 3.47. The number of anilines is 1. The maximum atomic E-state index is 12.6. The fourth-order valence-corrected chi connectivity index (χ4v) is 6.71. The summed E-state index contributed by atoms with van der Waals surface area (Å²) in [6.07, 6.45) is 8.20. The third-order valence-electron chi connectivity index (χ3n) is 6.96. The zero-order valence-electron chi connectivity index (χ0n) is 20.8. The van der Waals surface area contributed by atoms with Gasteiger partial charge in [0, 0.05) is 29.6 Å². The van der Waals surface area contributed by atoms with E-state index in [0.717, 1.165) is 57.7 Å². The summed E-state index contributed by atoms with van der Waals surface area (Å²) in [6, 6.07) is 14.0. The molecule has 0 unspecified atom stereocenters. The van der Waals surface area contributed by atoms with E-state index in [4.69, 9.17) is 9.97 Å². The third kappa shape index (κ3) is 3.89. The van der Waals surface area contributed by atoms with E-state index in [0.29, 0.717) is 18.7 Å². The molecule has 2 aromatic heterocycles. The molecule has 6 rings (SSSR count). The normalized spacial score (nSPS) is 17.3. The van der Waals surface area contributed by atoms with Gasteiger partial charge in [0.1, 0.15) is 0 Å². The fraction of sp³-hybridized carbons (Fsp3) is 0.321. The molecule has 184 valence electrons. The Balaban J connectivity index is 1.38. The quantitative estimate of drug-likeness (QED) is 0.389. The number of aromatic nitrogens is 4. The molecule has 36 heavy (non-hydrogen) atoms. The molecule has 2 aliphatic rings. The van der Waals surface area contributed by atoms with Crippen molar-refractivity contribution >= 4 is 32.3 Å². The smallest absolute Gasteiger partial charge is 0.235 e. The molecule has 8 heteroatoms. The minimum absolute atomic E-state index is 0.0742. The van der Waals surface area contributed by atoms with Crippen molar-refractivity contribution in [1.29, 1.82) is 0 Å². The minimum Gasteiger partial charge on any atom is -0.325 e. The highest BCUT2D eigenvalue weighted by Gasteiger charge is 2.27. The molecule has 0 bridgehead atoms. The molecule has 0 N–H and O–H groups in total. The monoisotopic (exact) mass is 499 g/mol. The number of hydrogen-bond donors (Lipinski definition) is 0. The number of hydrogen-bond acceptors (Lipinski definition) is 5. The summed E-state index contributed by atoms with van der Waals surface area (Å²) in [7, 11) is -3.28. The molecule has 0 amide bonds. The van der Waals surface area contributed by atoms with Gasteiger partial charge in [0.25, 0.3) is 0 Å². The first kappa shape index (κ1) is 22.9. The number of sulfonamides is 1. The maximum Gasteiger partial charge on any atom is 0.235 e. The second kappa shape index (κ2) is 8.27. The van der Waals surface area contributed by atoms with Crippen LogP contribution >= 0.6 is 0 Å². The first-order chi connectivity index (χ1) is 17.2. The number of rotatable bonds is 3. The first-order valence-electron chi connectivity index (χ1n) is 12.4. The fourth-order valence-electron chi connectivity index (χ4n) is 5.08. The van der Waals surface area contributed by atoms with Crippen molar-refractivity contribution in [3.05, 3.63) is 78.0 Å². The number of fused-ring (bicyclic) bond motifs is 2. The number of nitrogens with zero attached hydrogens (tertiary/aromatic N) is 5. The van der Waals surface area contributed by atoms with E-state index in [2.05, 4.69) is 54.6 Å².